The Kier molecular flexibility index (Phi) is 6.02. The molecule has 0 bridgehead atoms. The summed E-state index contributed by atoms with van der Waals surface area (Å²) >= 11 is 0. The van der Waals surface area contributed by atoms with Crippen molar-refractivity contribution in [2.24, 2.45) is 11.8 Å². The third-order valence-corrected chi connectivity index (χ3v) is 6.80. The van der Waals surface area contributed by atoms with Gasteiger partial charge in [-0.15, -0.1) is 0 Å². The number of ether oxygens (including phenoxy) is 2. The van der Waals surface area contributed by atoms with Gasteiger partial charge in [0.2, 0.25) is 24.3 Å². The second-order valence-corrected chi connectivity index (χ2v) is 14.2. The molecule has 2 atom stereocenters. The predicted octanol–water partition coefficient (Wildman–Crippen LogP) is 1.87. The van der Waals surface area contributed by atoms with Gasteiger partial charge >= 0.3 is 11.9 Å². The number of imidazole rings is 1. The van der Waals surface area contributed by atoms with Gasteiger partial charge in [-0.05, 0) is 0 Å². The standard InChI is InChI=1S/C20H29N5O6Si/c1-10(2)18(28)30-16-17(31-19(29)11(3)4)25-15(27)13-14(22-20(25)24(16)12(5)26)23(9-21-13)32(6,7)8/h9-11,16-17H,1-8H3. The van der Waals surface area contributed by atoms with Crippen LogP contribution in [0.25, 0.3) is 11.2 Å². The highest BCUT2D eigenvalue weighted by Crippen LogP contribution is 2.35. The summed E-state index contributed by atoms with van der Waals surface area (Å²) in [6.07, 6.45) is -1.19. The summed E-state index contributed by atoms with van der Waals surface area (Å²) in [7, 11) is -2.00. The lowest BCUT2D eigenvalue weighted by atomic mass is 10.2. The van der Waals surface area contributed by atoms with E-state index < -0.39 is 55.9 Å². The number of nitrogens with zero attached hydrogens (tertiary/aromatic N) is 5. The van der Waals surface area contributed by atoms with Crippen LogP contribution in [-0.4, -0.2) is 51.1 Å². The van der Waals surface area contributed by atoms with E-state index in [0.717, 1.165) is 9.47 Å². The van der Waals surface area contributed by atoms with Crippen LogP contribution in [0.2, 0.25) is 19.6 Å². The minimum absolute atomic E-state index is 0.0573. The molecule has 1 aliphatic heterocycles. The number of anilines is 1. The molecule has 2 aromatic rings. The molecular weight excluding hydrogens is 434 g/mol. The Morgan fingerprint density at radius 1 is 1.00 bits per heavy atom. The molecule has 32 heavy (non-hydrogen) atoms. The molecule has 0 aliphatic carbocycles. The summed E-state index contributed by atoms with van der Waals surface area (Å²) in [6.45, 7) is 14.0. The Morgan fingerprint density at radius 3 is 2.00 bits per heavy atom. The second-order valence-electron chi connectivity index (χ2n) is 9.40. The van der Waals surface area contributed by atoms with Crippen LogP contribution in [-0.2, 0) is 23.9 Å². The first-order valence-corrected chi connectivity index (χ1v) is 13.9. The smallest absolute Gasteiger partial charge is 0.310 e. The molecule has 3 rings (SSSR count). The van der Waals surface area contributed by atoms with Crippen molar-refractivity contribution in [3.8, 4) is 0 Å². The topological polar surface area (TPSA) is 126 Å². The number of aromatic nitrogens is 4. The van der Waals surface area contributed by atoms with Crippen LogP contribution in [0.3, 0.4) is 0 Å². The van der Waals surface area contributed by atoms with E-state index in [9.17, 15) is 19.2 Å². The summed E-state index contributed by atoms with van der Waals surface area (Å²) in [5.74, 6) is -2.81. The van der Waals surface area contributed by atoms with Crippen LogP contribution in [0.5, 0.6) is 0 Å². The van der Waals surface area contributed by atoms with Crippen molar-refractivity contribution in [1.82, 2.24) is 18.8 Å². The van der Waals surface area contributed by atoms with Gasteiger partial charge in [0.25, 0.3) is 5.56 Å². The van der Waals surface area contributed by atoms with Crippen LogP contribution in [0.4, 0.5) is 5.95 Å². The van der Waals surface area contributed by atoms with Gasteiger partial charge in [-0.3, -0.25) is 19.2 Å². The van der Waals surface area contributed by atoms with Crippen molar-refractivity contribution >= 4 is 43.2 Å². The first-order chi connectivity index (χ1) is 14.8. The molecule has 11 nitrogen and oxygen atoms in total. The third kappa shape index (κ3) is 3.94. The van der Waals surface area contributed by atoms with Crippen LogP contribution in [0.15, 0.2) is 11.1 Å². The van der Waals surface area contributed by atoms with Crippen molar-refractivity contribution in [2.75, 3.05) is 4.90 Å². The van der Waals surface area contributed by atoms with Gasteiger partial charge in [0, 0.05) is 6.92 Å². The zero-order chi connectivity index (χ0) is 24.1. The number of carbonyl (C=O) groups is 3. The quantitative estimate of drug-likeness (QED) is 0.486. The molecule has 2 aromatic heterocycles. The predicted molar refractivity (Wildman–Crippen MR) is 118 cm³/mol. The van der Waals surface area contributed by atoms with Gasteiger partial charge in [0.05, 0.1) is 18.2 Å². The SMILES string of the molecule is CC(=O)N1c2nc3c(ncn3[Si](C)(C)C)c(=O)n2C(OC(=O)C(C)C)C1OC(=O)C(C)C. The molecule has 0 aromatic carbocycles. The largest absolute Gasteiger partial charge is 0.434 e. The Balaban J connectivity index is 2.28. The van der Waals surface area contributed by atoms with E-state index in [0.29, 0.717) is 5.65 Å². The lowest BCUT2D eigenvalue weighted by molar-refractivity contribution is -0.178. The molecule has 2 unspecified atom stereocenters. The Hall–Kier alpha value is -3.02. The van der Waals surface area contributed by atoms with Crippen LogP contribution >= 0.6 is 0 Å². The zero-order valence-corrected chi connectivity index (χ0v) is 20.6. The lowest BCUT2D eigenvalue weighted by Gasteiger charge is -2.26. The molecule has 174 valence electrons. The van der Waals surface area contributed by atoms with Crippen molar-refractivity contribution in [3.63, 3.8) is 0 Å². The van der Waals surface area contributed by atoms with Gasteiger partial charge in [0.15, 0.2) is 19.4 Å². The minimum atomic E-state index is -2.00. The van der Waals surface area contributed by atoms with E-state index in [2.05, 4.69) is 29.6 Å². The van der Waals surface area contributed by atoms with E-state index in [4.69, 9.17) is 9.47 Å². The van der Waals surface area contributed by atoms with Gasteiger partial charge in [-0.1, -0.05) is 47.3 Å². The molecule has 12 heteroatoms. The summed E-state index contributed by atoms with van der Waals surface area (Å²) in [6, 6.07) is 0. The first kappa shape index (κ1) is 23.6. The van der Waals surface area contributed by atoms with Crippen LogP contribution < -0.4 is 10.5 Å². The van der Waals surface area contributed by atoms with Gasteiger partial charge in [-0.2, -0.15) is 4.98 Å². The maximum atomic E-state index is 13.4. The Labute approximate surface area is 186 Å². The van der Waals surface area contributed by atoms with Crippen molar-refractivity contribution in [2.45, 2.75) is 66.7 Å². The van der Waals surface area contributed by atoms with Gasteiger partial charge in [-0.25, -0.2) is 14.5 Å². The highest BCUT2D eigenvalue weighted by atomic mass is 28.3. The van der Waals surface area contributed by atoms with E-state index in [1.807, 2.05) is 4.23 Å². The van der Waals surface area contributed by atoms with Gasteiger partial charge in [0.1, 0.15) is 0 Å². The minimum Gasteiger partial charge on any atom is -0.434 e. The number of carbonyl (C=O) groups excluding carboxylic acids is 3. The van der Waals surface area contributed by atoms with Crippen molar-refractivity contribution < 1.29 is 23.9 Å². The summed E-state index contributed by atoms with van der Waals surface area (Å²) in [5, 5.41) is 0. The average molecular weight is 464 g/mol. The van der Waals surface area contributed by atoms with Crippen LogP contribution in [0.1, 0.15) is 40.8 Å². The molecule has 0 fully saturated rings. The lowest BCUT2D eigenvalue weighted by Crippen LogP contribution is -2.43. The second kappa shape index (κ2) is 8.15. The molecule has 1 aliphatic rings. The summed E-state index contributed by atoms with van der Waals surface area (Å²) in [5.41, 5.74) is -0.171. The van der Waals surface area contributed by atoms with E-state index in [1.165, 1.54) is 6.92 Å². The number of hydrogen-bond donors (Lipinski definition) is 0. The molecular formula is C20H29N5O6Si. The fourth-order valence-electron chi connectivity index (χ4n) is 3.26. The fourth-order valence-corrected chi connectivity index (χ4v) is 4.46. The molecule has 0 saturated heterocycles. The number of esters is 2. The molecule has 1 amide bonds. The summed E-state index contributed by atoms with van der Waals surface area (Å²) in [4.78, 5) is 60.8. The van der Waals surface area contributed by atoms with E-state index >= 15 is 0 Å². The van der Waals surface area contributed by atoms with Gasteiger partial charge < -0.3 is 13.7 Å². The normalized spacial score (nSPS) is 18.4. The summed E-state index contributed by atoms with van der Waals surface area (Å²) < 4.78 is 14.0. The molecule has 0 N–H and O–H groups in total. The number of fused-ring (bicyclic) bond motifs is 2. The van der Waals surface area contributed by atoms with Crippen molar-refractivity contribution in [3.05, 3.63) is 16.7 Å². The third-order valence-electron chi connectivity index (χ3n) is 5.03. The first-order valence-electron chi connectivity index (χ1n) is 10.5. The monoisotopic (exact) mass is 463 g/mol. The highest BCUT2D eigenvalue weighted by molar-refractivity contribution is 6.75. The molecule has 0 spiro atoms. The Morgan fingerprint density at radius 2 is 1.53 bits per heavy atom. The molecule has 3 heterocycles. The van der Waals surface area contributed by atoms with Crippen LogP contribution in [0, 0.1) is 11.8 Å². The van der Waals surface area contributed by atoms with Crippen molar-refractivity contribution in [1.29, 1.82) is 0 Å². The highest BCUT2D eigenvalue weighted by Gasteiger charge is 2.49. The molecule has 0 saturated carbocycles. The number of rotatable bonds is 5. The zero-order valence-electron chi connectivity index (χ0n) is 19.6. The number of amides is 1. The average Bonchev–Trinajstić information content (AvgIpc) is 3.22. The van der Waals surface area contributed by atoms with E-state index in [-0.39, 0.29) is 11.5 Å². The molecule has 0 radical (unpaired) electrons. The fraction of sp³-hybridized carbons (Fsp3) is 0.600. The number of hydrogen-bond acceptors (Lipinski definition) is 8. The van der Waals surface area contributed by atoms with E-state index in [1.54, 1.807) is 34.0 Å². The maximum Gasteiger partial charge on any atom is 0.310 e. The maximum absolute atomic E-state index is 13.4. The Bertz CT molecular complexity index is 1150.